The number of ether oxygens (including phenoxy) is 2. The number of hydrogen-bond acceptors (Lipinski definition) is 4. The molecule has 1 aliphatic heterocycles. The van der Waals surface area contributed by atoms with E-state index >= 15 is 0 Å². The minimum absolute atomic E-state index is 0.0134. The number of halogens is 2. The predicted molar refractivity (Wildman–Crippen MR) is 115 cm³/mol. The van der Waals surface area contributed by atoms with Crippen LogP contribution in [-0.2, 0) is 23.2 Å². The number of aliphatic hydroxyl groups is 1. The Balaban J connectivity index is 1.37. The van der Waals surface area contributed by atoms with Crippen molar-refractivity contribution in [2.45, 2.75) is 63.9 Å². The number of aromatic nitrogens is 1. The van der Waals surface area contributed by atoms with Gasteiger partial charge in [-0.3, -0.25) is 4.79 Å². The number of ketones is 1. The van der Waals surface area contributed by atoms with Gasteiger partial charge in [-0.25, -0.2) is 0 Å². The van der Waals surface area contributed by atoms with Crippen LogP contribution in [0, 0.1) is 6.92 Å². The maximum atomic E-state index is 13.3. The Kier molecular flexibility index (Phi) is 4.78. The van der Waals surface area contributed by atoms with E-state index < -0.39 is 17.8 Å². The molecule has 168 valence electrons. The second-order valence-electron chi connectivity index (χ2n) is 8.86. The van der Waals surface area contributed by atoms with E-state index in [1.807, 2.05) is 32.0 Å². The van der Waals surface area contributed by atoms with Crippen LogP contribution in [0.25, 0.3) is 10.9 Å². The van der Waals surface area contributed by atoms with Gasteiger partial charge >= 0.3 is 6.29 Å². The molecule has 3 aromatic rings. The topological polar surface area (TPSA) is 60.7 Å². The Hall–Kier alpha value is -2.93. The van der Waals surface area contributed by atoms with Crippen LogP contribution in [-0.4, -0.2) is 27.9 Å². The Labute approximate surface area is 184 Å². The molecule has 1 N–H and O–H groups in total. The molecule has 0 saturated heterocycles. The predicted octanol–water partition coefficient (Wildman–Crippen LogP) is 4.89. The maximum absolute atomic E-state index is 13.3. The average molecular weight is 441 g/mol. The first kappa shape index (κ1) is 20.9. The lowest BCUT2D eigenvalue weighted by molar-refractivity contribution is -0.286. The number of carbonyl (C=O) groups excluding carboxylic acids is 1. The van der Waals surface area contributed by atoms with Crippen molar-refractivity contribution >= 4 is 16.7 Å². The second kappa shape index (κ2) is 7.30. The van der Waals surface area contributed by atoms with Crippen molar-refractivity contribution in [2.24, 2.45) is 0 Å². The molecule has 5 nitrogen and oxygen atoms in total. The van der Waals surface area contributed by atoms with Gasteiger partial charge in [0.1, 0.15) is 5.78 Å². The summed E-state index contributed by atoms with van der Waals surface area (Å²) in [5.74, 6) is 0.0274. The summed E-state index contributed by atoms with van der Waals surface area (Å²) in [6.45, 7) is 4.50. The van der Waals surface area contributed by atoms with E-state index in [9.17, 15) is 18.7 Å². The molecule has 0 radical (unpaired) electrons. The first-order valence-electron chi connectivity index (χ1n) is 10.9. The third-order valence-corrected chi connectivity index (χ3v) is 6.64. The van der Waals surface area contributed by atoms with Crippen LogP contribution in [0.3, 0.4) is 0 Å². The molecule has 0 amide bonds. The van der Waals surface area contributed by atoms with Gasteiger partial charge in [0.2, 0.25) is 0 Å². The number of alkyl halides is 2. The van der Waals surface area contributed by atoms with E-state index in [0.29, 0.717) is 31.4 Å². The number of Topliss-reactive ketones (excluding diaryl/α,β-unsaturated/α-hetero) is 1. The zero-order valence-corrected chi connectivity index (χ0v) is 18.0. The summed E-state index contributed by atoms with van der Waals surface area (Å²) in [5.41, 5.74) is 3.04. The largest absolute Gasteiger partial charge is 0.586 e. The molecule has 1 fully saturated rings. The number of benzene rings is 2. The molecule has 1 aromatic heterocycles. The molecule has 1 aliphatic carbocycles. The molecular formula is C25H25F2NO4. The van der Waals surface area contributed by atoms with Crippen molar-refractivity contribution in [3.8, 4) is 11.5 Å². The minimum Gasteiger partial charge on any atom is -0.395 e. The van der Waals surface area contributed by atoms with Crippen LogP contribution in [0.5, 0.6) is 11.5 Å². The fourth-order valence-corrected chi connectivity index (χ4v) is 4.61. The second-order valence-corrected chi connectivity index (χ2v) is 8.86. The first-order valence-corrected chi connectivity index (χ1v) is 10.9. The number of fused-ring (bicyclic) bond motifs is 2. The van der Waals surface area contributed by atoms with Crippen LogP contribution in [0.2, 0.25) is 0 Å². The smallest absolute Gasteiger partial charge is 0.395 e. The molecule has 1 saturated carbocycles. The summed E-state index contributed by atoms with van der Waals surface area (Å²) < 4.78 is 37.8. The molecule has 1 atom stereocenters. The lowest BCUT2D eigenvalue weighted by Crippen LogP contribution is -2.26. The van der Waals surface area contributed by atoms with Gasteiger partial charge in [0.05, 0.1) is 11.5 Å². The quantitative estimate of drug-likeness (QED) is 0.567. The highest BCUT2D eigenvalue weighted by Crippen LogP contribution is 2.52. The Morgan fingerprint density at radius 3 is 2.59 bits per heavy atom. The van der Waals surface area contributed by atoms with E-state index in [2.05, 4.69) is 20.1 Å². The van der Waals surface area contributed by atoms with E-state index in [4.69, 9.17) is 0 Å². The van der Waals surface area contributed by atoms with E-state index in [1.54, 1.807) is 6.07 Å². The molecule has 32 heavy (non-hydrogen) atoms. The monoisotopic (exact) mass is 441 g/mol. The van der Waals surface area contributed by atoms with Crippen molar-refractivity contribution < 1.29 is 28.2 Å². The number of rotatable bonds is 7. The lowest BCUT2D eigenvalue weighted by atomic mass is 9.87. The van der Waals surface area contributed by atoms with Crippen LogP contribution in [0.1, 0.15) is 43.0 Å². The normalized spacial score (nSPS) is 18.7. The summed E-state index contributed by atoms with van der Waals surface area (Å²) >= 11 is 0. The molecule has 2 aliphatic rings. The Bertz CT molecular complexity index is 1210. The number of nitrogens with zero attached hydrogens (tertiary/aromatic N) is 1. The SMILES string of the molecule is CC[C@H](O)Cn1c(C)cc2cc(CC(=O)C3(c4ccc5c(c4)OC(F)(F)O5)CC3)ccc21. The molecule has 7 heteroatoms. The molecule has 2 heterocycles. The van der Waals surface area contributed by atoms with Gasteiger partial charge in [-0.1, -0.05) is 19.1 Å². The van der Waals surface area contributed by atoms with Crippen LogP contribution >= 0.6 is 0 Å². The van der Waals surface area contributed by atoms with Crippen molar-refractivity contribution in [2.75, 3.05) is 0 Å². The van der Waals surface area contributed by atoms with Crippen molar-refractivity contribution in [1.82, 2.24) is 4.57 Å². The summed E-state index contributed by atoms with van der Waals surface area (Å²) in [7, 11) is 0. The van der Waals surface area contributed by atoms with Crippen molar-refractivity contribution in [3.05, 3.63) is 59.3 Å². The molecule has 2 aromatic carbocycles. The highest BCUT2D eigenvalue weighted by atomic mass is 19.3. The third-order valence-electron chi connectivity index (χ3n) is 6.64. The summed E-state index contributed by atoms with van der Waals surface area (Å²) in [5, 5.41) is 11.1. The highest BCUT2D eigenvalue weighted by Gasteiger charge is 2.52. The standard InChI is InChI=1S/C25H25F2NO4/c1-3-19(29)14-28-15(2)10-17-11-16(4-6-20(17)28)12-23(30)24(8-9-24)18-5-7-21-22(13-18)32-25(26,27)31-21/h4-7,10-11,13,19,29H,3,8-9,12,14H2,1-2H3/t19-/m0/s1. The molecule has 0 unspecified atom stereocenters. The van der Waals surface area contributed by atoms with Gasteiger partial charge < -0.3 is 19.1 Å². The van der Waals surface area contributed by atoms with Crippen LogP contribution in [0.4, 0.5) is 8.78 Å². The number of hydrogen-bond donors (Lipinski definition) is 1. The summed E-state index contributed by atoms with van der Waals surface area (Å²) in [6, 6.07) is 12.7. The first-order chi connectivity index (χ1) is 15.2. The van der Waals surface area contributed by atoms with Gasteiger partial charge in [0, 0.05) is 29.6 Å². The van der Waals surface area contributed by atoms with E-state index in [-0.39, 0.29) is 23.7 Å². The zero-order valence-electron chi connectivity index (χ0n) is 18.0. The van der Waals surface area contributed by atoms with Crippen LogP contribution in [0.15, 0.2) is 42.5 Å². The fraction of sp³-hybridized carbons (Fsp3) is 0.400. The number of aliphatic hydroxyl groups excluding tert-OH is 1. The van der Waals surface area contributed by atoms with Gasteiger partial charge in [0.25, 0.3) is 0 Å². The molecule has 5 rings (SSSR count). The molecular weight excluding hydrogens is 416 g/mol. The molecule has 0 bridgehead atoms. The number of aryl methyl sites for hydroxylation is 1. The van der Waals surface area contributed by atoms with Gasteiger partial charge in [-0.2, -0.15) is 0 Å². The van der Waals surface area contributed by atoms with E-state index in [1.165, 1.54) is 12.1 Å². The van der Waals surface area contributed by atoms with Gasteiger partial charge in [0.15, 0.2) is 11.5 Å². The van der Waals surface area contributed by atoms with Gasteiger partial charge in [-0.05, 0) is 67.6 Å². The van der Waals surface area contributed by atoms with Crippen molar-refractivity contribution in [1.29, 1.82) is 0 Å². The lowest BCUT2D eigenvalue weighted by Gasteiger charge is -2.15. The molecule has 0 spiro atoms. The maximum Gasteiger partial charge on any atom is 0.586 e. The minimum atomic E-state index is -3.67. The Morgan fingerprint density at radius 2 is 1.88 bits per heavy atom. The van der Waals surface area contributed by atoms with Crippen LogP contribution < -0.4 is 9.47 Å². The fourth-order valence-electron chi connectivity index (χ4n) is 4.61. The Morgan fingerprint density at radius 1 is 1.12 bits per heavy atom. The van der Waals surface area contributed by atoms with Gasteiger partial charge in [-0.15, -0.1) is 8.78 Å². The summed E-state index contributed by atoms with van der Waals surface area (Å²) in [6.07, 6.45) is -1.74. The van der Waals surface area contributed by atoms with Crippen molar-refractivity contribution in [3.63, 3.8) is 0 Å². The van der Waals surface area contributed by atoms with E-state index in [0.717, 1.165) is 22.2 Å². The third kappa shape index (κ3) is 3.54. The zero-order chi connectivity index (χ0) is 22.7. The number of carbonyl (C=O) groups is 1. The summed E-state index contributed by atoms with van der Waals surface area (Å²) in [4.78, 5) is 13.3. The highest BCUT2D eigenvalue weighted by molar-refractivity contribution is 5.95. The average Bonchev–Trinajstić information content (AvgIpc) is 3.42.